The number of anilines is 1. The van der Waals surface area contributed by atoms with E-state index >= 15 is 0 Å². The molecule has 1 saturated heterocycles. The second kappa shape index (κ2) is 10.3. The van der Waals surface area contributed by atoms with Crippen LogP contribution in [0.3, 0.4) is 0 Å². The monoisotopic (exact) mass is 416 g/mol. The third kappa shape index (κ3) is 6.07. The number of amides is 2. The molecule has 0 unspecified atom stereocenters. The van der Waals surface area contributed by atoms with E-state index in [0.717, 1.165) is 57.4 Å². The van der Waals surface area contributed by atoms with Crippen molar-refractivity contribution in [3.63, 3.8) is 0 Å². The average molecular weight is 417 g/mol. The number of nitrogens with zero attached hydrogens (tertiary/aromatic N) is 2. The maximum atomic E-state index is 12.5. The Kier molecular flexibility index (Phi) is 9.02. The highest BCUT2D eigenvalue weighted by Gasteiger charge is 2.36. The Morgan fingerprint density at radius 1 is 1.11 bits per heavy atom. The van der Waals surface area contributed by atoms with Gasteiger partial charge in [-0.2, -0.15) is 0 Å². The molecular weight excluding hydrogens is 387 g/mol. The Balaban J connectivity index is 0.00000182. The molecule has 3 rings (SSSR count). The fourth-order valence-electron chi connectivity index (χ4n) is 3.59. The highest BCUT2D eigenvalue weighted by molar-refractivity contribution is 5.98. The van der Waals surface area contributed by atoms with Crippen LogP contribution in [0.4, 0.5) is 5.69 Å². The zero-order chi connectivity index (χ0) is 17.9. The molecule has 0 spiro atoms. The number of halogens is 2. The van der Waals surface area contributed by atoms with E-state index in [1.54, 1.807) is 0 Å². The molecule has 0 bridgehead atoms. The number of piperazine rings is 1. The highest BCUT2D eigenvalue weighted by Crippen LogP contribution is 2.28. The molecule has 1 aromatic carbocycles. The molecule has 0 atom stereocenters. The molecule has 1 aliphatic carbocycles. The molecule has 3 N–H and O–H groups in total. The van der Waals surface area contributed by atoms with Crippen molar-refractivity contribution in [2.75, 3.05) is 38.5 Å². The van der Waals surface area contributed by atoms with Crippen molar-refractivity contribution in [3.8, 4) is 0 Å². The third-order valence-electron chi connectivity index (χ3n) is 5.34. The van der Waals surface area contributed by atoms with Gasteiger partial charge in [-0.15, -0.1) is 24.8 Å². The number of benzene rings is 1. The van der Waals surface area contributed by atoms with Crippen LogP contribution in [0.5, 0.6) is 0 Å². The van der Waals surface area contributed by atoms with Crippen LogP contribution >= 0.6 is 24.8 Å². The predicted molar refractivity (Wildman–Crippen MR) is 113 cm³/mol. The summed E-state index contributed by atoms with van der Waals surface area (Å²) in [4.78, 5) is 29.0. The summed E-state index contributed by atoms with van der Waals surface area (Å²) >= 11 is 0. The van der Waals surface area contributed by atoms with Crippen molar-refractivity contribution in [2.24, 2.45) is 5.73 Å². The number of carbonyl (C=O) groups is 2. The van der Waals surface area contributed by atoms with Crippen molar-refractivity contribution < 1.29 is 9.59 Å². The number of nitrogens with one attached hydrogen (secondary N) is 1. The van der Waals surface area contributed by atoms with E-state index in [0.29, 0.717) is 12.1 Å². The van der Waals surface area contributed by atoms with Crippen molar-refractivity contribution in [1.29, 1.82) is 0 Å². The first-order valence-electron chi connectivity index (χ1n) is 9.12. The maximum absolute atomic E-state index is 12.5. The molecule has 0 radical (unpaired) electrons. The first kappa shape index (κ1) is 23.7. The fraction of sp³-hybridized carbons (Fsp3) is 0.579. The number of nitrogens with two attached hydrogens (primary N) is 1. The summed E-state index contributed by atoms with van der Waals surface area (Å²) < 4.78 is 0. The largest absolute Gasteiger partial charge is 0.340 e. The summed E-state index contributed by atoms with van der Waals surface area (Å²) in [5, 5.41) is 2.93. The summed E-state index contributed by atoms with van der Waals surface area (Å²) in [5.74, 6) is 0.0233. The topological polar surface area (TPSA) is 78.7 Å². The van der Waals surface area contributed by atoms with Gasteiger partial charge >= 0.3 is 0 Å². The van der Waals surface area contributed by atoms with E-state index in [9.17, 15) is 9.59 Å². The average Bonchev–Trinajstić information content (AvgIpc) is 3.04. The summed E-state index contributed by atoms with van der Waals surface area (Å²) in [5.41, 5.74) is 7.09. The Hall–Kier alpha value is -1.34. The van der Waals surface area contributed by atoms with Crippen LogP contribution in [0.2, 0.25) is 0 Å². The van der Waals surface area contributed by atoms with E-state index in [1.807, 2.05) is 29.2 Å². The van der Waals surface area contributed by atoms with Crippen LogP contribution in [-0.4, -0.2) is 60.4 Å². The van der Waals surface area contributed by atoms with Crippen molar-refractivity contribution in [1.82, 2.24) is 9.80 Å². The van der Waals surface area contributed by atoms with Crippen molar-refractivity contribution in [2.45, 2.75) is 37.6 Å². The van der Waals surface area contributed by atoms with E-state index in [2.05, 4.69) is 17.3 Å². The van der Waals surface area contributed by atoms with Gasteiger partial charge in [-0.25, -0.2) is 0 Å². The lowest BCUT2D eigenvalue weighted by Crippen LogP contribution is -2.48. The molecular formula is C19H30Cl2N4O2. The van der Waals surface area contributed by atoms with Crippen LogP contribution in [0.25, 0.3) is 0 Å². The summed E-state index contributed by atoms with van der Waals surface area (Å²) in [6.07, 6.45) is 3.84. The minimum atomic E-state index is -0.744. The molecule has 1 saturated carbocycles. The molecule has 1 heterocycles. The van der Waals surface area contributed by atoms with Crippen LogP contribution in [-0.2, 0) is 16.0 Å². The van der Waals surface area contributed by atoms with Gasteiger partial charge in [0.25, 0.3) is 0 Å². The van der Waals surface area contributed by atoms with Crippen molar-refractivity contribution >= 4 is 42.3 Å². The molecule has 0 aromatic heterocycles. The number of hydrogen-bond donors (Lipinski definition) is 2. The predicted octanol–water partition coefficient (Wildman–Crippen LogP) is 2.06. The van der Waals surface area contributed by atoms with E-state index in [-0.39, 0.29) is 36.6 Å². The van der Waals surface area contributed by atoms with Gasteiger partial charge in [-0.3, -0.25) is 9.59 Å². The van der Waals surface area contributed by atoms with Gasteiger partial charge in [-0.1, -0.05) is 25.0 Å². The lowest BCUT2D eigenvalue weighted by atomic mass is 9.98. The van der Waals surface area contributed by atoms with E-state index in [1.165, 1.54) is 0 Å². The van der Waals surface area contributed by atoms with Gasteiger partial charge in [-0.05, 0) is 37.6 Å². The normalized spacial score (nSPS) is 19.0. The van der Waals surface area contributed by atoms with E-state index in [4.69, 9.17) is 5.73 Å². The first-order chi connectivity index (χ1) is 12.0. The van der Waals surface area contributed by atoms with Gasteiger partial charge in [0.1, 0.15) is 0 Å². The van der Waals surface area contributed by atoms with Gasteiger partial charge in [0.05, 0.1) is 12.0 Å². The molecule has 27 heavy (non-hydrogen) atoms. The SMILES string of the molecule is CN1CCN(C(=O)Cc2cccc(NC(=O)C3(N)CCCC3)c2)CC1.Cl.Cl. The van der Waals surface area contributed by atoms with Gasteiger partial charge in [0, 0.05) is 31.9 Å². The minimum absolute atomic E-state index is 0. The molecule has 8 heteroatoms. The van der Waals surface area contributed by atoms with Crippen molar-refractivity contribution in [3.05, 3.63) is 29.8 Å². The molecule has 2 amide bonds. The van der Waals surface area contributed by atoms with Gasteiger partial charge in [0.15, 0.2) is 0 Å². The quantitative estimate of drug-likeness (QED) is 0.786. The standard InChI is InChI=1S/C19H28N4O2.2ClH/c1-22-9-11-23(12-10-22)17(24)14-15-5-4-6-16(13-15)21-18(25)19(20)7-2-3-8-19;;/h4-6,13H,2-3,7-12,14,20H2,1H3,(H,21,25);2*1H. The zero-order valence-corrected chi connectivity index (χ0v) is 17.4. The Bertz CT molecular complexity index is 642. The lowest BCUT2D eigenvalue weighted by molar-refractivity contribution is -0.132. The fourth-order valence-corrected chi connectivity index (χ4v) is 3.59. The number of carbonyl (C=O) groups excluding carboxylic acids is 2. The van der Waals surface area contributed by atoms with Gasteiger partial charge < -0.3 is 20.9 Å². The van der Waals surface area contributed by atoms with Gasteiger partial charge in [0.2, 0.25) is 11.8 Å². The Labute approximate surface area is 173 Å². The summed E-state index contributed by atoms with van der Waals surface area (Å²) in [6, 6.07) is 7.53. The number of likely N-dealkylation sites (N-methyl/N-ethyl adjacent to an activating group) is 1. The van der Waals surface area contributed by atoms with Crippen LogP contribution in [0.1, 0.15) is 31.2 Å². The molecule has 152 valence electrons. The Morgan fingerprint density at radius 2 is 1.74 bits per heavy atom. The summed E-state index contributed by atoms with van der Waals surface area (Å²) in [7, 11) is 2.07. The third-order valence-corrected chi connectivity index (χ3v) is 5.34. The van der Waals surface area contributed by atoms with Crippen LogP contribution in [0, 0.1) is 0 Å². The maximum Gasteiger partial charge on any atom is 0.244 e. The lowest BCUT2D eigenvalue weighted by Gasteiger charge is -2.32. The van der Waals surface area contributed by atoms with Crippen LogP contribution < -0.4 is 11.1 Å². The van der Waals surface area contributed by atoms with E-state index < -0.39 is 5.54 Å². The number of hydrogen-bond acceptors (Lipinski definition) is 4. The zero-order valence-electron chi connectivity index (χ0n) is 15.8. The van der Waals surface area contributed by atoms with Crippen LogP contribution in [0.15, 0.2) is 24.3 Å². The first-order valence-corrected chi connectivity index (χ1v) is 9.12. The minimum Gasteiger partial charge on any atom is -0.340 e. The molecule has 1 aliphatic heterocycles. The molecule has 6 nitrogen and oxygen atoms in total. The Morgan fingerprint density at radius 3 is 2.37 bits per heavy atom. The summed E-state index contributed by atoms with van der Waals surface area (Å²) in [6.45, 7) is 3.39. The molecule has 2 aliphatic rings. The smallest absolute Gasteiger partial charge is 0.244 e. The molecule has 2 fully saturated rings. The second-order valence-corrected chi connectivity index (χ2v) is 7.38. The second-order valence-electron chi connectivity index (χ2n) is 7.38. The highest BCUT2D eigenvalue weighted by atomic mass is 35.5. The number of rotatable bonds is 4. The molecule has 1 aromatic rings.